The van der Waals surface area contributed by atoms with Crippen LogP contribution in [0.25, 0.3) is 0 Å². The van der Waals surface area contributed by atoms with Gasteiger partial charge in [-0.15, -0.1) is 0 Å². The smallest absolute Gasteiger partial charge is 0.171 e. The van der Waals surface area contributed by atoms with E-state index < -0.39 is 5.79 Å². The second-order valence-electron chi connectivity index (χ2n) is 7.39. The molecule has 118 valence electrons. The largest absolute Gasteiger partial charge is 0.349 e. The van der Waals surface area contributed by atoms with E-state index in [1.165, 1.54) is 0 Å². The molecule has 2 aliphatic rings. The summed E-state index contributed by atoms with van der Waals surface area (Å²) in [5, 5.41) is 0. The molecule has 3 heteroatoms. The maximum Gasteiger partial charge on any atom is 0.171 e. The maximum absolute atomic E-state index is 6.35. The van der Waals surface area contributed by atoms with E-state index in [0.717, 1.165) is 0 Å². The normalized spacial score (nSPS) is 57.0. The van der Waals surface area contributed by atoms with Crippen molar-refractivity contribution in [3.63, 3.8) is 0 Å². The third-order valence-corrected chi connectivity index (χ3v) is 6.30. The first-order valence-electron chi connectivity index (χ1n) is 8.18. The van der Waals surface area contributed by atoms with E-state index in [2.05, 4.69) is 55.4 Å². The number of hydrogen-bond acceptors (Lipinski definition) is 3. The number of rotatable bonds is 2. The molecule has 0 aromatic heterocycles. The van der Waals surface area contributed by atoms with Crippen LogP contribution in [0, 0.1) is 29.6 Å². The van der Waals surface area contributed by atoms with Gasteiger partial charge in [0.25, 0.3) is 0 Å². The van der Waals surface area contributed by atoms with Crippen molar-refractivity contribution in [2.45, 2.75) is 79.7 Å². The van der Waals surface area contributed by atoms with Gasteiger partial charge in [-0.25, -0.2) is 0 Å². The molecular formula is C17H32O3. The fraction of sp³-hybridized carbons (Fsp3) is 1.00. The quantitative estimate of drug-likeness (QED) is 0.765. The van der Waals surface area contributed by atoms with Crippen LogP contribution in [0.15, 0.2) is 0 Å². The minimum atomic E-state index is -0.530. The van der Waals surface area contributed by atoms with Crippen molar-refractivity contribution >= 4 is 0 Å². The molecule has 0 amide bonds. The molecule has 20 heavy (non-hydrogen) atoms. The van der Waals surface area contributed by atoms with Crippen LogP contribution < -0.4 is 0 Å². The minimum Gasteiger partial charge on any atom is -0.349 e. The third-order valence-electron chi connectivity index (χ3n) is 6.30. The summed E-state index contributed by atoms with van der Waals surface area (Å²) in [5.41, 5.74) is 0. The highest BCUT2D eigenvalue weighted by Crippen LogP contribution is 2.44. The number of hydrogen-bond donors (Lipinski definition) is 0. The van der Waals surface area contributed by atoms with Crippen LogP contribution >= 0.6 is 0 Å². The second-order valence-corrected chi connectivity index (χ2v) is 7.39. The molecule has 0 bridgehead atoms. The second kappa shape index (κ2) is 5.58. The van der Waals surface area contributed by atoms with E-state index in [4.69, 9.17) is 14.2 Å². The van der Waals surface area contributed by atoms with E-state index in [0.29, 0.717) is 29.6 Å². The van der Waals surface area contributed by atoms with Gasteiger partial charge in [-0.05, 0) is 38.5 Å². The first kappa shape index (κ1) is 16.3. The van der Waals surface area contributed by atoms with Gasteiger partial charge in [0.15, 0.2) is 12.1 Å². The van der Waals surface area contributed by atoms with Gasteiger partial charge in [0, 0.05) is 11.8 Å². The number of ether oxygens (including phenoxy) is 3. The Morgan fingerprint density at radius 1 is 0.750 bits per heavy atom. The Morgan fingerprint density at radius 2 is 1.35 bits per heavy atom. The molecule has 2 heterocycles. The molecular weight excluding hydrogens is 252 g/mol. The Bertz CT molecular complexity index is 345. The molecule has 2 rings (SSSR count). The zero-order chi connectivity index (χ0) is 15.2. The Kier molecular flexibility index (Phi) is 4.54. The van der Waals surface area contributed by atoms with E-state index >= 15 is 0 Å². The highest BCUT2D eigenvalue weighted by atomic mass is 16.8. The topological polar surface area (TPSA) is 27.7 Å². The molecule has 0 spiro atoms. The van der Waals surface area contributed by atoms with Crippen LogP contribution in [0.2, 0.25) is 0 Å². The molecule has 2 saturated heterocycles. The lowest BCUT2D eigenvalue weighted by atomic mass is 9.79. The maximum atomic E-state index is 6.35. The summed E-state index contributed by atoms with van der Waals surface area (Å²) >= 11 is 0. The SMILES string of the molecule is CC1O[C@@](C)(OC2O[C@H](C)C(C)[C@H](C)C2C)C(C)C1C. The Balaban J connectivity index is 2.09. The lowest BCUT2D eigenvalue weighted by Gasteiger charge is -2.45. The van der Waals surface area contributed by atoms with Crippen LogP contribution in [0.3, 0.4) is 0 Å². The molecule has 0 saturated carbocycles. The van der Waals surface area contributed by atoms with Crippen LogP contribution in [-0.2, 0) is 14.2 Å². The molecule has 2 aliphatic heterocycles. The molecule has 2 fully saturated rings. The van der Waals surface area contributed by atoms with Crippen molar-refractivity contribution in [1.29, 1.82) is 0 Å². The molecule has 9 atom stereocenters. The molecule has 3 nitrogen and oxygen atoms in total. The fourth-order valence-corrected chi connectivity index (χ4v) is 3.58. The van der Waals surface area contributed by atoms with Crippen molar-refractivity contribution in [3.05, 3.63) is 0 Å². The minimum absolute atomic E-state index is 0.166. The van der Waals surface area contributed by atoms with Crippen LogP contribution in [0.1, 0.15) is 55.4 Å². The van der Waals surface area contributed by atoms with Crippen LogP contribution in [0.5, 0.6) is 0 Å². The molecule has 6 unspecified atom stereocenters. The average Bonchev–Trinajstić information content (AvgIpc) is 2.57. The Morgan fingerprint density at radius 3 is 1.85 bits per heavy atom. The van der Waals surface area contributed by atoms with Gasteiger partial charge in [-0.3, -0.25) is 0 Å². The zero-order valence-corrected chi connectivity index (χ0v) is 14.3. The lowest BCUT2D eigenvalue weighted by Crippen LogP contribution is -2.49. The van der Waals surface area contributed by atoms with E-state index in [-0.39, 0.29) is 18.5 Å². The summed E-state index contributed by atoms with van der Waals surface area (Å²) in [6, 6.07) is 0. The highest BCUT2D eigenvalue weighted by molar-refractivity contribution is 4.89. The van der Waals surface area contributed by atoms with Crippen molar-refractivity contribution in [2.24, 2.45) is 29.6 Å². The predicted molar refractivity (Wildman–Crippen MR) is 80.2 cm³/mol. The van der Waals surface area contributed by atoms with Crippen molar-refractivity contribution < 1.29 is 14.2 Å². The van der Waals surface area contributed by atoms with E-state index in [1.807, 2.05) is 0 Å². The fourth-order valence-electron chi connectivity index (χ4n) is 3.58. The van der Waals surface area contributed by atoms with Gasteiger partial charge in [0.2, 0.25) is 0 Å². The van der Waals surface area contributed by atoms with E-state index in [1.54, 1.807) is 0 Å². The molecule has 0 aromatic carbocycles. The lowest BCUT2D eigenvalue weighted by molar-refractivity contribution is -0.343. The zero-order valence-electron chi connectivity index (χ0n) is 14.3. The standard InChI is InChI=1S/C17H32O3/c1-9-10(2)14(6)18-16(11(9)3)20-17(8)13(5)12(4)15(7)19-17/h9-16H,1-8H3/t9-,10?,11?,12?,13?,14+,15?,16?,17-/m0/s1. The van der Waals surface area contributed by atoms with Gasteiger partial charge in [-0.2, -0.15) is 0 Å². The van der Waals surface area contributed by atoms with Gasteiger partial charge in [0.05, 0.1) is 12.2 Å². The van der Waals surface area contributed by atoms with Crippen LogP contribution in [0.4, 0.5) is 0 Å². The Hall–Kier alpha value is -0.120. The van der Waals surface area contributed by atoms with Gasteiger partial charge in [0.1, 0.15) is 0 Å². The van der Waals surface area contributed by atoms with E-state index in [9.17, 15) is 0 Å². The summed E-state index contributed by atoms with van der Waals surface area (Å²) in [7, 11) is 0. The average molecular weight is 284 g/mol. The van der Waals surface area contributed by atoms with Crippen LogP contribution in [-0.4, -0.2) is 24.3 Å². The summed E-state index contributed by atoms with van der Waals surface area (Å²) in [4.78, 5) is 0. The van der Waals surface area contributed by atoms with Gasteiger partial charge < -0.3 is 14.2 Å². The monoisotopic (exact) mass is 284 g/mol. The summed E-state index contributed by atoms with van der Waals surface area (Å²) in [6.07, 6.45) is 0.310. The first-order chi connectivity index (χ1) is 9.17. The van der Waals surface area contributed by atoms with Crippen molar-refractivity contribution in [2.75, 3.05) is 0 Å². The van der Waals surface area contributed by atoms with Gasteiger partial charge >= 0.3 is 0 Å². The predicted octanol–water partition coefficient (Wildman–Crippen LogP) is 4.06. The summed E-state index contributed by atoms with van der Waals surface area (Å²) in [5.74, 6) is 1.90. The molecule has 0 N–H and O–H groups in total. The summed E-state index contributed by atoms with van der Waals surface area (Å²) < 4.78 is 18.6. The van der Waals surface area contributed by atoms with Crippen molar-refractivity contribution in [3.8, 4) is 0 Å². The summed E-state index contributed by atoms with van der Waals surface area (Å²) in [6.45, 7) is 17.6. The molecule has 0 aromatic rings. The Labute approximate surface area is 124 Å². The van der Waals surface area contributed by atoms with Gasteiger partial charge in [-0.1, -0.05) is 34.6 Å². The first-order valence-corrected chi connectivity index (χ1v) is 8.18. The van der Waals surface area contributed by atoms with Crippen molar-refractivity contribution in [1.82, 2.24) is 0 Å². The molecule has 0 aliphatic carbocycles. The third kappa shape index (κ3) is 2.65. The highest BCUT2D eigenvalue weighted by Gasteiger charge is 2.50. The molecule has 0 radical (unpaired) electrons.